The number of hydrogen-bond donors (Lipinski definition) is 1. The number of ether oxygens (including phenoxy) is 2. The van der Waals surface area contributed by atoms with Crippen molar-refractivity contribution in [1.29, 1.82) is 0 Å². The highest BCUT2D eigenvalue weighted by Gasteiger charge is 2.11. The van der Waals surface area contributed by atoms with Crippen LogP contribution in [0.4, 0.5) is 5.69 Å². The van der Waals surface area contributed by atoms with Crippen LogP contribution in [-0.4, -0.2) is 11.6 Å². The molecule has 0 aliphatic rings. The Morgan fingerprint density at radius 1 is 0.900 bits per heavy atom. The van der Waals surface area contributed by atoms with Gasteiger partial charge in [-0.1, -0.05) is 35.4 Å². The van der Waals surface area contributed by atoms with Crippen LogP contribution in [0.5, 0.6) is 17.2 Å². The van der Waals surface area contributed by atoms with Gasteiger partial charge in [0.1, 0.15) is 5.75 Å². The maximum Gasteiger partial charge on any atom is 0.169 e. The Morgan fingerprint density at radius 2 is 1.73 bits per heavy atom. The molecular weight excluding hydrogens is 396 g/mol. The first kappa shape index (κ1) is 20.0. The van der Waals surface area contributed by atoms with Crippen LogP contribution in [0.3, 0.4) is 0 Å². The van der Waals surface area contributed by atoms with Crippen LogP contribution in [0.15, 0.2) is 72.9 Å². The number of aromatic nitrogens is 1. The van der Waals surface area contributed by atoms with Crippen LogP contribution in [0, 0.1) is 6.92 Å². The minimum Gasteiger partial charge on any atom is -0.490 e. The van der Waals surface area contributed by atoms with Crippen LogP contribution < -0.4 is 14.8 Å². The molecule has 152 valence electrons. The molecule has 3 aromatic carbocycles. The van der Waals surface area contributed by atoms with Gasteiger partial charge in [-0.05, 0) is 67.9 Å². The van der Waals surface area contributed by atoms with E-state index < -0.39 is 0 Å². The highest BCUT2D eigenvalue weighted by atomic mass is 35.5. The lowest BCUT2D eigenvalue weighted by Gasteiger charge is -2.15. The summed E-state index contributed by atoms with van der Waals surface area (Å²) >= 11 is 6.09. The Kier molecular flexibility index (Phi) is 6.05. The highest BCUT2D eigenvalue weighted by Crippen LogP contribution is 2.36. The monoisotopic (exact) mass is 418 g/mol. The van der Waals surface area contributed by atoms with E-state index in [0.29, 0.717) is 35.4 Å². The molecule has 30 heavy (non-hydrogen) atoms. The first-order valence-electron chi connectivity index (χ1n) is 9.91. The molecule has 0 aliphatic carbocycles. The molecule has 4 rings (SSSR count). The van der Waals surface area contributed by atoms with Crippen LogP contribution in [0.1, 0.15) is 18.1 Å². The molecule has 0 fully saturated rings. The van der Waals surface area contributed by atoms with Crippen molar-refractivity contribution >= 4 is 28.2 Å². The molecule has 0 saturated carbocycles. The van der Waals surface area contributed by atoms with E-state index in [2.05, 4.69) is 41.5 Å². The fourth-order valence-electron chi connectivity index (χ4n) is 3.19. The van der Waals surface area contributed by atoms with Gasteiger partial charge in [-0.25, -0.2) is 0 Å². The molecule has 0 amide bonds. The van der Waals surface area contributed by atoms with Gasteiger partial charge in [0, 0.05) is 28.8 Å². The summed E-state index contributed by atoms with van der Waals surface area (Å²) in [5, 5.41) is 4.98. The lowest BCUT2D eigenvalue weighted by molar-refractivity contribution is 0.321. The Morgan fingerprint density at radius 3 is 2.53 bits per heavy atom. The van der Waals surface area contributed by atoms with E-state index in [9.17, 15) is 0 Å². The second-order valence-electron chi connectivity index (χ2n) is 7.01. The van der Waals surface area contributed by atoms with E-state index in [0.717, 1.165) is 22.2 Å². The largest absolute Gasteiger partial charge is 0.490 e. The summed E-state index contributed by atoms with van der Waals surface area (Å²) in [5.74, 6) is 2.08. The Balaban J connectivity index is 1.57. The van der Waals surface area contributed by atoms with E-state index in [1.807, 2.05) is 49.4 Å². The van der Waals surface area contributed by atoms with E-state index in [1.54, 1.807) is 6.20 Å². The van der Waals surface area contributed by atoms with Crippen molar-refractivity contribution < 1.29 is 9.47 Å². The van der Waals surface area contributed by atoms with Crippen molar-refractivity contribution in [2.75, 3.05) is 11.9 Å². The molecule has 0 saturated heterocycles. The smallest absolute Gasteiger partial charge is 0.169 e. The normalized spacial score (nSPS) is 10.8. The van der Waals surface area contributed by atoms with Gasteiger partial charge >= 0.3 is 0 Å². The minimum absolute atomic E-state index is 0.553. The predicted octanol–water partition coefficient (Wildman–Crippen LogP) is 7.00. The summed E-state index contributed by atoms with van der Waals surface area (Å²) in [6.45, 7) is 5.29. The fraction of sp³-hybridized carbons (Fsp3) is 0.160. The lowest BCUT2D eigenvalue weighted by atomic mass is 10.1. The van der Waals surface area contributed by atoms with Gasteiger partial charge in [-0.2, -0.15) is 0 Å². The molecule has 0 spiro atoms. The summed E-state index contributed by atoms with van der Waals surface area (Å²) in [4.78, 5) is 4.37. The van der Waals surface area contributed by atoms with Gasteiger partial charge in [-0.15, -0.1) is 0 Å². The quantitative estimate of drug-likeness (QED) is 0.351. The molecule has 0 aliphatic heterocycles. The van der Waals surface area contributed by atoms with Crippen molar-refractivity contribution in [2.24, 2.45) is 0 Å². The first-order valence-corrected chi connectivity index (χ1v) is 10.3. The first-order chi connectivity index (χ1) is 14.6. The molecule has 1 N–H and O–H groups in total. The molecule has 0 unspecified atom stereocenters. The number of hydrogen-bond acceptors (Lipinski definition) is 4. The van der Waals surface area contributed by atoms with Crippen LogP contribution in [0.25, 0.3) is 10.9 Å². The summed E-state index contributed by atoms with van der Waals surface area (Å²) in [6.07, 6.45) is 1.72. The highest BCUT2D eigenvalue weighted by molar-refractivity contribution is 6.31. The van der Waals surface area contributed by atoms with E-state index in [4.69, 9.17) is 21.1 Å². The molecule has 5 heteroatoms. The average molecular weight is 419 g/mol. The van der Waals surface area contributed by atoms with Gasteiger partial charge in [0.15, 0.2) is 11.5 Å². The molecular formula is C25H23ClN2O2. The number of halogens is 1. The zero-order chi connectivity index (χ0) is 20.9. The van der Waals surface area contributed by atoms with Gasteiger partial charge in [-0.3, -0.25) is 4.98 Å². The van der Waals surface area contributed by atoms with Gasteiger partial charge < -0.3 is 14.8 Å². The maximum atomic E-state index is 6.22. The summed E-state index contributed by atoms with van der Waals surface area (Å²) < 4.78 is 12.1. The van der Waals surface area contributed by atoms with E-state index in [1.165, 1.54) is 5.56 Å². The minimum atomic E-state index is 0.553. The van der Waals surface area contributed by atoms with Gasteiger partial charge in [0.2, 0.25) is 0 Å². The topological polar surface area (TPSA) is 43.4 Å². The van der Waals surface area contributed by atoms with E-state index in [-0.39, 0.29) is 0 Å². The third-order valence-electron chi connectivity index (χ3n) is 4.74. The molecule has 1 heterocycles. The van der Waals surface area contributed by atoms with Crippen LogP contribution in [0.2, 0.25) is 5.02 Å². The number of anilines is 1. The number of benzene rings is 3. The lowest BCUT2D eigenvalue weighted by Crippen LogP contribution is -2.01. The zero-order valence-corrected chi connectivity index (χ0v) is 17.7. The van der Waals surface area contributed by atoms with Crippen molar-refractivity contribution in [3.05, 3.63) is 89.1 Å². The standard InChI is InChI=1S/C25H23ClN2O2/c1-3-29-25-14-18(16-28-20-8-4-17(2)5-9-20)6-11-24(25)30-23-12-13-27-22-15-19(26)7-10-21(22)23/h4-15,28H,3,16H2,1-2H3. The Labute approximate surface area is 181 Å². The van der Waals surface area contributed by atoms with Crippen molar-refractivity contribution in [1.82, 2.24) is 4.98 Å². The average Bonchev–Trinajstić information content (AvgIpc) is 2.75. The molecule has 0 atom stereocenters. The van der Waals surface area contributed by atoms with Gasteiger partial charge in [0.25, 0.3) is 0 Å². The predicted molar refractivity (Wildman–Crippen MR) is 123 cm³/mol. The molecule has 4 aromatic rings. The van der Waals surface area contributed by atoms with Crippen LogP contribution >= 0.6 is 11.6 Å². The van der Waals surface area contributed by atoms with Crippen molar-refractivity contribution in [3.63, 3.8) is 0 Å². The zero-order valence-electron chi connectivity index (χ0n) is 17.0. The van der Waals surface area contributed by atoms with E-state index >= 15 is 0 Å². The number of rotatable bonds is 7. The second-order valence-corrected chi connectivity index (χ2v) is 7.44. The number of nitrogens with one attached hydrogen (secondary N) is 1. The van der Waals surface area contributed by atoms with Crippen molar-refractivity contribution in [3.8, 4) is 17.2 Å². The number of pyridine rings is 1. The molecule has 0 bridgehead atoms. The summed E-state index contributed by atoms with van der Waals surface area (Å²) in [6, 6.07) is 21.8. The maximum absolute atomic E-state index is 6.22. The summed E-state index contributed by atoms with van der Waals surface area (Å²) in [5.41, 5.74) is 4.22. The Hall–Kier alpha value is -3.24. The van der Waals surface area contributed by atoms with Crippen molar-refractivity contribution in [2.45, 2.75) is 20.4 Å². The number of fused-ring (bicyclic) bond motifs is 1. The molecule has 1 aromatic heterocycles. The second kappa shape index (κ2) is 9.06. The van der Waals surface area contributed by atoms with Crippen LogP contribution in [-0.2, 0) is 6.54 Å². The number of nitrogens with zero attached hydrogens (tertiary/aromatic N) is 1. The number of aryl methyl sites for hydroxylation is 1. The Bertz CT molecular complexity index is 1160. The third kappa shape index (κ3) is 4.66. The summed E-state index contributed by atoms with van der Waals surface area (Å²) in [7, 11) is 0. The molecule has 4 nitrogen and oxygen atoms in total. The fourth-order valence-corrected chi connectivity index (χ4v) is 3.36. The third-order valence-corrected chi connectivity index (χ3v) is 4.98. The SMILES string of the molecule is CCOc1cc(CNc2ccc(C)cc2)ccc1Oc1ccnc2cc(Cl)ccc12. The van der Waals surface area contributed by atoms with Gasteiger partial charge in [0.05, 0.1) is 12.1 Å². The molecule has 0 radical (unpaired) electrons.